The van der Waals surface area contributed by atoms with Gasteiger partial charge in [0.2, 0.25) is 11.8 Å². The molecule has 2 fully saturated rings. The molecule has 2 aliphatic heterocycles. The zero-order chi connectivity index (χ0) is 28.6. The maximum absolute atomic E-state index is 14.1. The standard InChI is InChI=1S/C29H38BrN5O5/c1-17(2)35-14-19(31-32-35)16-40-25-9-8-23(30)22-10-11-34(28(37)20-6-4-5-7-21(20)29(38)39)24(27(22)25)15-33-13-18(3)12-26(33)36/h8-9,14,17-18,20-21,24H,4-7,10-13,15-16H2,1-3H3,(H,38,39)/t18?,20?,21-,24-/m1/s1. The van der Waals surface area contributed by atoms with Crippen LogP contribution in [0.2, 0.25) is 0 Å². The minimum atomic E-state index is -0.906. The van der Waals surface area contributed by atoms with Gasteiger partial charge in [-0.15, -0.1) is 5.10 Å². The summed E-state index contributed by atoms with van der Waals surface area (Å²) in [6.07, 6.45) is 5.70. The largest absolute Gasteiger partial charge is 0.487 e. The van der Waals surface area contributed by atoms with Crippen LogP contribution >= 0.6 is 15.9 Å². The Morgan fingerprint density at radius 1 is 1.20 bits per heavy atom. The average molecular weight is 617 g/mol. The molecule has 3 heterocycles. The Morgan fingerprint density at radius 2 is 1.95 bits per heavy atom. The van der Waals surface area contributed by atoms with E-state index in [9.17, 15) is 19.5 Å². The van der Waals surface area contributed by atoms with Gasteiger partial charge in [0.25, 0.3) is 0 Å². The molecule has 3 aliphatic rings. The number of aliphatic carboxylic acids is 1. The van der Waals surface area contributed by atoms with Gasteiger partial charge >= 0.3 is 5.97 Å². The Balaban J connectivity index is 1.50. The van der Waals surface area contributed by atoms with Crippen LogP contribution < -0.4 is 4.74 Å². The number of aromatic nitrogens is 3. The molecular formula is C29H38BrN5O5. The highest BCUT2D eigenvalue weighted by atomic mass is 79.9. The maximum Gasteiger partial charge on any atom is 0.307 e. The third-order valence-electron chi connectivity index (χ3n) is 8.52. The number of nitrogens with zero attached hydrogens (tertiary/aromatic N) is 5. The molecule has 1 aromatic heterocycles. The topological polar surface area (TPSA) is 118 Å². The monoisotopic (exact) mass is 615 g/mol. The molecule has 1 N–H and O–H groups in total. The van der Waals surface area contributed by atoms with Gasteiger partial charge in [0.05, 0.1) is 24.1 Å². The Hall–Kier alpha value is -2.95. The van der Waals surface area contributed by atoms with E-state index in [1.807, 2.05) is 42.0 Å². The minimum absolute atomic E-state index is 0.0795. The summed E-state index contributed by atoms with van der Waals surface area (Å²) >= 11 is 3.71. The van der Waals surface area contributed by atoms with E-state index in [0.29, 0.717) is 56.8 Å². The third kappa shape index (κ3) is 5.75. The number of carbonyl (C=O) groups excluding carboxylic acids is 2. The number of carboxylic acid groups (broad SMARTS) is 1. The van der Waals surface area contributed by atoms with Crippen LogP contribution in [-0.2, 0) is 27.4 Å². The first-order valence-electron chi connectivity index (χ1n) is 14.3. The van der Waals surface area contributed by atoms with Crippen molar-refractivity contribution in [2.24, 2.45) is 17.8 Å². The van der Waals surface area contributed by atoms with Crippen molar-refractivity contribution in [2.45, 2.75) is 78.0 Å². The predicted octanol–water partition coefficient (Wildman–Crippen LogP) is 4.39. The maximum atomic E-state index is 14.1. The smallest absolute Gasteiger partial charge is 0.307 e. The SMILES string of the molecule is CC1CC(=O)N(C[C@@H]2c3c(OCc4cn(C(C)C)nn4)ccc(Br)c3CCN2C(=O)C2CCCC[C@H]2C(=O)O)C1. The van der Waals surface area contributed by atoms with E-state index < -0.39 is 23.8 Å². The first kappa shape index (κ1) is 28.6. The second-order valence-corrected chi connectivity index (χ2v) is 12.6. The molecule has 216 valence electrons. The fourth-order valence-electron chi connectivity index (χ4n) is 6.43. The van der Waals surface area contributed by atoms with Crippen molar-refractivity contribution in [1.29, 1.82) is 0 Å². The van der Waals surface area contributed by atoms with E-state index in [0.717, 1.165) is 28.4 Å². The predicted molar refractivity (Wildman–Crippen MR) is 150 cm³/mol. The van der Waals surface area contributed by atoms with Crippen molar-refractivity contribution in [1.82, 2.24) is 24.8 Å². The lowest BCUT2D eigenvalue weighted by Crippen LogP contribution is -2.50. The molecule has 4 atom stereocenters. The highest BCUT2D eigenvalue weighted by Gasteiger charge is 2.43. The van der Waals surface area contributed by atoms with Crippen molar-refractivity contribution in [2.75, 3.05) is 19.6 Å². The summed E-state index contributed by atoms with van der Waals surface area (Å²) in [6.45, 7) is 7.78. The van der Waals surface area contributed by atoms with Gasteiger partial charge in [0.1, 0.15) is 18.1 Å². The van der Waals surface area contributed by atoms with Crippen LogP contribution in [0, 0.1) is 17.8 Å². The molecule has 1 aromatic carbocycles. The molecule has 5 rings (SSSR count). The number of carbonyl (C=O) groups is 3. The number of rotatable bonds is 8. The van der Waals surface area contributed by atoms with Crippen molar-refractivity contribution < 1.29 is 24.2 Å². The Kier molecular flexibility index (Phi) is 8.49. The average Bonchev–Trinajstić information content (AvgIpc) is 3.53. The molecule has 0 bridgehead atoms. The first-order valence-corrected chi connectivity index (χ1v) is 15.1. The normalized spacial score (nSPS) is 24.9. The Morgan fingerprint density at radius 3 is 2.60 bits per heavy atom. The number of likely N-dealkylation sites (tertiary alicyclic amines) is 1. The zero-order valence-electron chi connectivity index (χ0n) is 23.4. The number of benzene rings is 1. The highest BCUT2D eigenvalue weighted by molar-refractivity contribution is 9.10. The first-order chi connectivity index (χ1) is 19.1. The third-order valence-corrected chi connectivity index (χ3v) is 9.26. The number of ether oxygens (including phenoxy) is 1. The van der Waals surface area contributed by atoms with Crippen molar-refractivity contribution >= 4 is 33.7 Å². The molecule has 1 saturated heterocycles. The van der Waals surface area contributed by atoms with Crippen LogP contribution in [0.1, 0.15) is 81.8 Å². The summed E-state index contributed by atoms with van der Waals surface area (Å²) in [5.41, 5.74) is 2.62. The van der Waals surface area contributed by atoms with E-state index in [4.69, 9.17) is 4.74 Å². The molecule has 1 saturated carbocycles. The summed E-state index contributed by atoms with van der Waals surface area (Å²) in [4.78, 5) is 42.8. The van der Waals surface area contributed by atoms with Crippen molar-refractivity contribution in [3.05, 3.63) is 39.6 Å². The van der Waals surface area contributed by atoms with Gasteiger partial charge in [0.15, 0.2) is 0 Å². The van der Waals surface area contributed by atoms with Crippen molar-refractivity contribution in [3.63, 3.8) is 0 Å². The lowest BCUT2D eigenvalue weighted by Gasteiger charge is -2.43. The van der Waals surface area contributed by atoms with E-state index in [1.165, 1.54) is 0 Å². The van der Waals surface area contributed by atoms with Gasteiger partial charge < -0.3 is 19.6 Å². The number of carboxylic acids is 1. The van der Waals surface area contributed by atoms with Gasteiger partial charge in [-0.3, -0.25) is 14.4 Å². The minimum Gasteiger partial charge on any atom is -0.487 e. The Labute approximate surface area is 243 Å². The lowest BCUT2D eigenvalue weighted by atomic mass is 9.77. The molecule has 40 heavy (non-hydrogen) atoms. The summed E-state index contributed by atoms with van der Waals surface area (Å²) in [6, 6.07) is 3.59. The fraction of sp³-hybridized carbons (Fsp3) is 0.621. The molecule has 10 nitrogen and oxygen atoms in total. The number of halogens is 1. The zero-order valence-corrected chi connectivity index (χ0v) is 25.0. The summed E-state index contributed by atoms with van der Waals surface area (Å²) in [5.74, 6) is -1.32. The molecule has 2 unspecified atom stereocenters. The van der Waals surface area contributed by atoms with Gasteiger partial charge in [0, 0.05) is 42.1 Å². The number of amides is 2. The summed E-state index contributed by atoms with van der Waals surface area (Å²) in [7, 11) is 0. The Bertz CT molecular complexity index is 1280. The van der Waals surface area contributed by atoms with Crippen LogP contribution in [-0.4, -0.2) is 67.3 Å². The van der Waals surface area contributed by atoms with E-state index >= 15 is 0 Å². The number of fused-ring (bicyclic) bond motifs is 1. The van der Waals surface area contributed by atoms with Gasteiger partial charge in [-0.05, 0) is 56.7 Å². The second kappa shape index (κ2) is 11.9. The number of hydrogen-bond acceptors (Lipinski definition) is 6. The quantitative estimate of drug-likeness (QED) is 0.468. The molecule has 0 radical (unpaired) electrons. The number of hydrogen-bond donors (Lipinski definition) is 1. The summed E-state index contributed by atoms with van der Waals surface area (Å²) < 4.78 is 9.05. The molecule has 0 spiro atoms. The molecular weight excluding hydrogens is 578 g/mol. The van der Waals surface area contributed by atoms with E-state index in [2.05, 4.69) is 33.2 Å². The lowest BCUT2D eigenvalue weighted by molar-refractivity contribution is -0.154. The molecule has 1 aliphatic carbocycles. The van der Waals surface area contributed by atoms with Crippen LogP contribution in [0.15, 0.2) is 22.8 Å². The van der Waals surface area contributed by atoms with Gasteiger partial charge in [-0.25, -0.2) is 4.68 Å². The fourth-order valence-corrected chi connectivity index (χ4v) is 6.98. The molecule has 11 heteroatoms. The van der Waals surface area contributed by atoms with Crippen LogP contribution in [0.4, 0.5) is 0 Å². The van der Waals surface area contributed by atoms with Crippen LogP contribution in [0.25, 0.3) is 0 Å². The van der Waals surface area contributed by atoms with Crippen LogP contribution in [0.5, 0.6) is 5.75 Å². The summed E-state index contributed by atoms with van der Waals surface area (Å²) in [5, 5.41) is 18.3. The van der Waals surface area contributed by atoms with E-state index in [1.54, 1.807) is 4.68 Å². The van der Waals surface area contributed by atoms with Gasteiger partial charge in [-0.2, -0.15) is 0 Å². The molecule has 2 amide bonds. The molecule has 2 aromatic rings. The van der Waals surface area contributed by atoms with Crippen molar-refractivity contribution in [3.8, 4) is 5.75 Å². The van der Waals surface area contributed by atoms with E-state index in [-0.39, 0.29) is 30.4 Å². The second-order valence-electron chi connectivity index (χ2n) is 11.8. The highest BCUT2D eigenvalue weighted by Crippen LogP contribution is 2.43. The van der Waals surface area contributed by atoms with Gasteiger partial charge in [-0.1, -0.05) is 40.9 Å². The van der Waals surface area contributed by atoms with Crippen LogP contribution in [0.3, 0.4) is 0 Å².